The van der Waals surface area contributed by atoms with Crippen LogP contribution in [0.25, 0.3) is 0 Å². The lowest BCUT2D eigenvalue weighted by atomic mass is 10.3. The van der Waals surface area contributed by atoms with Gasteiger partial charge in [-0.25, -0.2) is 4.98 Å². The Kier molecular flexibility index (Phi) is 7.10. The van der Waals surface area contributed by atoms with Crippen LogP contribution >= 0.6 is 35.6 Å². The lowest BCUT2D eigenvalue weighted by Gasteiger charge is -2.20. The maximum absolute atomic E-state index is 6.22. The van der Waals surface area contributed by atoms with Crippen LogP contribution in [0.2, 0.25) is 5.02 Å². The lowest BCUT2D eigenvalue weighted by molar-refractivity contribution is 0.410. The Labute approximate surface area is 162 Å². The molecule has 2 N–H and O–H groups in total. The Balaban J connectivity index is 0.00000208. The van der Waals surface area contributed by atoms with Gasteiger partial charge in [-0.05, 0) is 18.6 Å². The molecule has 130 valence electrons. The third-order valence-electron chi connectivity index (χ3n) is 3.72. The number of guanidine groups is 1. The number of halogens is 2. The van der Waals surface area contributed by atoms with Crippen LogP contribution in [0.1, 0.15) is 12.1 Å². The predicted octanol–water partition coefficient (Wildman–Crippen LogP) is 2.28. The summed E-state index contributed by atoms with van der Waals surface area (Å²) in [5.74, 6) is 1.58. The van der Waals surface area contributed by atoms with Crippen LogP contribution < -0.4 is 15.5 Å². The SMILES string of the molecule is CN=C(NCc1ccon1)NC1CCN(c2ncccc2Cl)C1.I. The monoisotopic (exact) mass is 462 g/mol. The van der Waals surface area contributed by atoms with Gasteiger partial charge in [0, 0.05) is 38.4 Å². The Morgan fingerprint density at radius 3 is 3.08 bits per heavy atom. The minimum absolute atomic E-state index is 0. The Hall–Kier alpha value is -1.55. The van der Waals surface area contributed by atoms with Crippen LogP contribution in [0.4, 0.5) is 5.82 Å². The molecule has 2 aromatic heterocycles. The summed E-state index contributed by atoms with van der Waals surface area (Å²) in [6, 6.07) is 5.81. The van der Waals surface area contributed by atoms with E-state index in [9.17, 15) is 0 Å². The van der Waals surface area contributed by atoms with Gasteiger partial charge in [0.05, 0.1) is 11.6 Å². The Morgan fingerprint density at radius 1 is 1.50 bits per heavy atom. The summed E-state index contributed by atoms with van der Waals surface area (Å²) in [7, 11) is 1.75. The second-order valence-electron chi connectivity index (χ2n) is 5.30. The van der Waals surface area contributed by atoms with Crippen molar-refractivity contribution in [2.45, 2.75) is 19.0 Å². The van der Waals surface area contributed by atoms with Crippen LogP contribution in [-0.4, -0.2) is 42.3 Å². The van der Waals surface area contributed by atoms with Crippen molar-refractivity contribution in [2.24, 2.45) is 4.99 Å². The molecule has 24 heavy (non-hydrogen) atoms. The summed E-state index contributed by atoms with van der Waals surface area (Å²) >= 11 is 6.22. The fourth-order valence-electron chi connectivity index (χ4n) is 2.57. The summed E-state index contributed by atoms with van der Waals surface area (Å²) < 4.78 is 4.81. The van der Waals surface area contributed by atoms with E-state index in [2.05, 4.69) is 30.7 Å². The molecule has 3 heterocycles. The maximum Gasteiger partial charge on any atom is 0.191 e. The normalized spacial score (nSPS) is 17.5. The maximum atomic E-state index is 6.22. The number of aromatic nitrogens is 2. The van der Waals surface area contributed by atoms with E-state index >= 15 is 0 Å². The fraction of sp³-hybridized carbons (Fsp3) is 0.400. The second-order valence-corrected chi connectivity index (χ2v) is 5.71. The highest BCUT2D eigenvalue weighted by Gasteiger charge is 2.25. The lowest BCUT2D eigenvalue weighted by Crippen LogP contribution is -2.44. The van der Waals surface area contributed by atoms with Crippen LogP contribution in [-0.2, 0) is 6.54 Å². The summed E-state index contributed by atoms with van der Waals surface area (Å²) in [6.07, 6.45) is 4.32. The first kappa shape index (κ1) is 18.8. The molecule has 0 radical (unpaired) electrons. The van der Waals surface area contributed by atoms with Gasteiger partial charge in [-0.2, -0.15) is 0 Å². The van der Waals surface area contributed by atoms with Crippen molar-refractivity contribution >= 4 is 47.4 Å². The Morgan fingerprint density at radius 2 is 2.38 bits per heavy atom. The molecular formula is C15H20ClIN6O. The number of nitrogens with zero attached hydrogens (tertiary/aromatic N) is 4. The number of hydrogen-bond acceptors (Lipinski definition) is 5. The summed E-state index contributed by atoms with van der Waals surface area (Å²) in [5.41, 5.74) is 0.835. The minimum Gasteiger partial charge on any atom is -0.364 e. The summed E-state index contributed by atoms with van der Waals surface area (Å²) in [6.45, 7) is 2.31. The molecule has 0 aromatic carbocycles. The van der Waals surface area contributed by atoms with Crippen LogP contribution in [0.3, 0.4) is 0 Å². The van der Waals surface area contributed by atoms with Crippen molar-refractivity contribution in [1.29, 1.82) is 0 Å². The van der Waals surface area contributed by atoms with E-state index in [1.807, 2.05) is 18.2 Å². The number of hydrogen-bond donors (Lipinski definition) is 2. The van der Waals surface area contributed by atoms with E-state index in [0.29, 0.717) is 11.6 Å². The average molecular weight is 463 g/mol. The molecule has 0 saturated carbocycles. The molecule has 1 atom stereocenters. The zero-order chi connectivity index (χ0) is 16.1. The van der Waals surface area contributed by atoms with Crippen LogP contribution in [0.5, 0.6) is 0 Å². The molecule has 1 fully saturated rings. The van der Waals surface area contributed by atoms with E-state index in [1.165, 1.54) is 0 Å². The fourth-order valence-corrected chi connectivity index (χ4v) is 2.81. The van der Waals surface area contributed by atoms with Crippen molar-refractivity contribution in [2.75, 3.05) is 25.0 Å². The minimum atomic E-state index is 0. The molecule has 9 heteroatoms. The molecular weight excluding hydrogens is 443 g/mol. The van der Waals surface area contributed by atoms with Crippen molar-refractivity contribution < 1.29 is 4.52 Å². The zero-order valence-electron chi connectivity index (χ0n) is 13.3. The molecule has 0 spiro atoms. The van der Waals surface area contributed by atoms with Gasteiger partial charge in [0.15, 0.2) is 5.96 Å². The van der Waals surface area contributed by atoms with Crippen LogP contribution in [0.15, 0.2) is 40.2 Å². The van der Waals surface area contributed by atoms with Gasteiger partial charge in [-0.15, -0.1) is 24.0 Å². The number of anilines is 1. The van der Waals surface area contributed by atoms with E-state index in [4.69, 9.17) is 16.1 Å². The van der Waals surface area contributed by atoms with Gasteiger partial charge >= 0.3 is 0 Å². The van der Waals surface area contributed by atoms with E-state index in [0.717, 1.165) is 37.0 Å². The molecule has 0 bridgehead atoms. The molecule has 0 amide bonds. The standard InChI is InChI=1S/C15H19ClN6O.HI/c1-17-15(19-9-11-5-8-23-21-11)20-12-4-7-22(10-12)14-13(16)3-2-6-18-14;/h2-3,5-6,8,12H,4,7,9-10H2,1H3,(H2,17,19,20);1H. The summed E-state index contributed by atoms with van der Waals surface area (Å²) in [5, 5.41) is 11.2. The highest BCUT2D eigenvalue weighted by molar-refractivity contribution is 14.0. The van der Waals surface area contributed by atoms with Crippen molar-refractivity contribution in [1.82, 2.24) is 20.8 Å². The van der Waals surface area contributed by atoms with Gasteiger partial charge in [0.25, 0.3) is 0 Å². The number of pyridine rings is 1. The Bertz CT molecular complexity index is 666. The number of nitrogens with one attached hydrogen (secondary N) is 2. The van der Waals surface area contributed by atoms with Gasteiger partial charge in [0.2, 0.25) is 0 Å². The van der Waals surface area contributed by atoms with Crippen LogP contribution in [0, 0.1) is 0 Å². The van der Waals surface area contributed by atoms with Gasteiger partial charge in [-0.1, -0.05) is 16.8 Å². The highest BCUT2D eigenvalue weighted by Crippen LogP contribution is 2.25. The van der Waals surface area contributed by atoms with Crippen molar-refractivity contribution in [3.8, 4) is 0 Å². The first-order valence-electron chi connectivity index (χ1n) is 7.48. The first-order chi connectivity index (χ1) is 11.3. The largest absolute Gasteiger partial charge is 0.364 e. The van der Waals surface area contributed by atoms with Crippen molar-refractivity contribution in [3.63, 3.8) is 0 Å². The molecule has 1 saturated heterocycles. The number of rotatable bonds is 4. The highest BCUT2D eigenvalue weighted by atomic mass is 127. The molecule has 0 aliphatic carbocycles. The van der Waals surface area contributed by atoms with Gasteiger partial charge < -0.3 is 20.1 Å². The van der Waals surface area contributed by atoms with E-state index in [-0.39, 0.29) is 30.0 Å². The zero-order valence-corrected chi connectivity index (χ0v) is 16.4. The molecule has 3 rings (SSSR count). The predicted molar refractivity (Wildman–Crippen MR) is 105 cm³/mol. The molecule has 1 aliphatic rings. The van der Waals surface area contributed by atoms with Gasteiger partial charge in [0.1, 0.15) is 17.8 Å². The van der Waals surface area contributed by atoms with Crippen molar-refractivity contribution in [3.05, 3.63) is 41.4 Å². The molecule has 7 nitrogen and oxygen atoms in total. The third kappa shape index (κ3) is 4.73. The third-order valence-corrected chi connectivity index (χ3v) is 4.01. The van der Waals surface area contributed by atoms with E-state index in [1.54, 1.807) is 19.5 Å². The first-order valence-corrected chi connectivity index (χ1v) is 7.86. The molecule has 2 aromatic rings. The van der Waals surface area contributed by atoms with E-state index < -0.39 is 0 Å². The van der Waals surface area contributed by atoms with Gasteiger partial charge in [-0.3, -0.25) is 4.99 Å². The number of aliphatic imine (C=N–C) groups is 1. The smallest absolute Gasteiger partial charge is 0.191 e. The average Bonchev–Trinajstić information content (AvgIpc) is 3.23. The topological polar surface area (TPSA) is 78.6 Å². The second kappa shape index (κ2) is 9.07. The quantitative estimate of drug-likeness (QED) is 0.412. The summed E-state index contributed by atoms with van der Waals surface area (Å²) in [4.78, 5) is 10.8. The molecule has 1 unspecified atom stereocenters. The molecule has 1 aliphatic heterocycles.